The van der Waals surface area contributed by atoms with Crippen LogP contribution in [0.1, 0.15) is 30.4 Å². The second-order valence-electron chi connectivity index (χ2n) is 3.82. The minimum atomic E-state index is 0.372. The van der Waals surface area contributed by atoms with E-state index in [2.05, 4.69) is 6.92 Å². The third kappa shape index (κ3) is 2.86. The van der Waals surface area contributed by atoms with Crippen molar-refractivity contribution in [2.24, 2.45) is 5.73 Å². The topological polar surface area (TPSA) is 35.2 Å². The van der Waals surface area contributed by atoms with Crippen molar-refractivity contribution in [2.45, 2.75) is 26.2 Å². The summed E-state index contributed by atoms with van der Waals surface area (Å²) in [7, 11) is 1.67. The van der Waals surface area contributed by atoms with Crippen LogP contribution in [-0.2, 0) is 0 Å². The van der Waals surface area contributed by atoms with Crippen LogP contribution in [0.15, 0.2) is 12.1 Å². The zero-order valence-corrected chi connectivity index (χ0v) is 10.3. The highest BCUT2D eigenvalue weighted by Crippen LogP contribution is 2.32. The average Bonchev–Trinajstić information content (AvgIpc) is 2.18. The Balaban J connectivity index is 3.06. The molecule has 0 aromatic heterocycles. The van der Waals surface area contributed by atoms with Gasteiger partial charge in [-0.15, -0.1) is 0 Å². The van der Waals surface area contributed by atoms with Crippen LogP contribution in [-0.4, -0.2) is 13.7 Å². The summed E-state index contributed by atoms with van der Waals surface area (Å²) in [5.74, 6) is 1.26. The monoisotopic (exact) mass is 227 g/mol. The molecule has 0 saturated heterocycles. The smallest absolute Gasteiger partial charge is 0.122 e. The van der Waals surface area contributed by atoms with Crippen molar-refractivity contribution in [2.75, 3.05) is 13.7 Å². The summed E-state index contributed by atoms with van der Waals surface area (Å²) in [5, 5.41) is 0.800. The number of halogens is 1. The van der Waals surface area contributed by atoms with E-state index in [0.717, 1.165) is 28.3 Å². The van der Waals surface area contributed by atoms with E-state index in [4.69, 9.17) is 22.1 Å². The highest BCUT2D eigenvalue weighted by molar-refractivity contribution is 6.31. The average molecular weight is 228 g/mol. The quantitative estimate of drug-likeness (QED) is 0.858. The molecule has 3 heteroatoms. The zero-order chi connectivity index (χ0) is 11.4. The number of rotatable bonds is 4. The van der Waals surface area contributed by atoms with Crippen LogP contribution in [0.2, 0.25) is 5.02 Å². The number of hydrogen-bond acceptors (Lipinski definition) is 2. The van der Waals surface area contributed by atoms with Gasteiger partial charge >= 0.3 is 0 Å². The molecular weight excluding hydrogens is 210 g/mol. The lowest BCUT2D eigenvalue weighted by atomic mass is 9.96. The lowest BCUT2D eigenvalue weighted by molar-refractivity contribution is 0.410. The van der Waals surface area contributed by atoms with E-state index in [9.17, 15) is 0 Å². The van der Waals surface area contributed by atoms with Crippen LogP contribution in [0.3, 0.4) is 0 Å². The molecule has 1 aromatic carbocycles. The van der Waals surface area contributed by atoms with Crippen molar-refractivity contribution in [1.29, 1.82) is 0 Å². The van der Waals surface area contributed by atoms with E-state index < -0.39 is 0 Å². The van der Waals surface area contributed by atoms with Gasteiger partial charge in [0.15, 0.2) is 0 Å². The molecule has 15 heavy (non-hydrogen) atoms. The molecule has 0 aliphatic carbocycles. The molecule has 0 radical (unpaired) electrons. The molecule has 1 aromatic rings. The number of aryl methyl sites for hydroxylation is 1. The van der Waals surface area contributed by atoms with Crippen LogP contribution < -0.4 is 10.5 Å². The predicted octanol–water partition coefficient (Wildman–Crippen LogP) is 3.11. The molecule has 0 saturated carbocycles. The first-order valence-corrected chi connectivity index (χ1v) is 5.52. The van der Waals surface area contributed by atoms with Gasteiger partial charge in [-0.25, -0.2) is 0 Å². The normalized spacial score (nSPS) is 12.6. The van der Waals surface area contributed by atoms with Gasteiger partial charge in [0.25, 0.3) is 0 Å². The first-order valence-electron chi connectivity index (χ1n) is 5.14. The molecule has 0 heterocycles. The van der Waals surface area contributed by atoms with Crippen molar-refractivity contribution >= 4 is 11.6 Å². The van der Waals surface area contributed by atoms with Crippen molar-refractivity contribution < 1.29 is 4.74 Å². The molecule has 0 fully saturated rings. The molecule has 1 atom stereocenters. The highest BCUT2D eigenvalue weighted by Gasteiger charge is 2.12. The second kappa shape index (κ2) is 5.38. The Bertz CT molecular complexity index is 339. The number of hydrogen-bond donors (Lipinski definition) is 1. The lowest BCUT2D eigenvalue weighted by Gasteiger charge is -2.15. The molecule has 0 aliphatic heterocycles. The maximum atomic E-state index is 6.19. The Labute approximate surface area is 96.4 Å². The fourth-order valence-electron chi connectivity index (χ4n) is 1.67. The number of methoxy groups -OCH3 is 1. The van der Waals surface area contributed by atoms with E-state index in [1.165, 1.54) is 0 Å². The van der Waals surface area contributed by atoms with Crippen LogP contribution in [0, 0.1) is 6.92 Å². The SMILES string of the molecule is COc1cc(C(C)CCN)c(Cl)cc1C. The maximum Gasteiger partial charge on any atom is 0.122 e. The standard InChI is InChI=1S/C12H18ClNO/c1-8(4-5-14)10-7-12(15-3)9(2)6-11(10)13/h6-8H,4-5,14H2,1-3H3. The van der Waals surface area contributed by atoms with E-state index in [1.54, 1.807) is 7.11 Å². The Morgan fingerprint density at radius 1 is 1.47 bits per heavy atom. The van der Waals surface area contributed by atoms with Crippen molar-refractivity contribution in [1.82, 2.24) is 0 Å². The summed E-state index contributed by atoms with van der Waals surface area (Å²) >= 11 is 6.19. The Kier molecular flexibility index (Phi) is 4.43. The molecule has 0 bridgehead atoms. The van der Waals surface area contributed by atoms with Crippen molar-refractivity contribution in [3.8, 4) is 5.75 Å². The molecular formula is C12H18ClNO. The summed E-state index contributed by atoms with van der Waals surface area (Å²) < 4.78 is 5.28. The first kappa shape index (κ1) is 12.3. The van der Waals surface area contributed by atoms with Gasteiger partial charge in [0.2, 0.25) is 0 Å². The fraction of sp³-hybridized carbons (Fsp3) is 0.500. The van der Waals surface area contributed by atoms with Gasteiger partial charge in [0, 0.05) is 5.02 Å². The second-order valence-corrected chi connectivity index (χ2v) is 4.23. The van der Waals surface area contributed by atoms with Crippen LogP contribution in [0.4, 0.5) is 0 Å². The maximum absolute atomic E-state index is 6.19. The third-order valence-corrected chi connectivity index (χ3v) is 2.97. The summed E-state index contributed by atoms with van der Waals surface area (Å²) in [6.07, 6.45) is 0.936. The minimum Gasteiger partial charge on any atom is -0.496 e. The predicted molar refractivity (Wildman–Crippen MR) is 64.8 cm³/mol. The van der Waals surface area contributed by atoms with Gasteiger partial charge in [-0.2, -0.15) is 0 Å². The largest absolute Gasteiger partial charge is 0.496 e. The molecule has 2 nitrogen and oxygen atoms in total. The van der Waals surface area contributed by atoms with Gasteiger partial charge in [-0.1, -0.05) is 18.5 Å². The highest BCUT2D eigenvalue weighted by atomic mass is 35.5. The molecule has 0 amide bonds. The van der Waals surface area contributed by atoms with Crippen LogP contribution in [0.5, 0.6) is 5.75 Å². The fourth-order valence-corrected chi connectivity index (χ4v) is 2.08. The van der Waals surface area contributed by atoms with E-state index >= 15 is 0 Å². The summed E-state index contributed by atoms with van der Waals surface area (Å²) in [6.45, 7) is 4.79. The Morgan fingerprint density at radius 2 is 2.13 bits per heavy atom. The van der Waals surface area contributed by atoms with Gasteiger partial charge in [0.1, 0.15) is 5.75 Å². The summed E-state index contributed by atoms with van der Waals surface area (Å²) in [5.41, 5.74) is 7.72. The van der Waals surface area contributed by atoms with Gasteiger partial charge in [-0.3, -0.25) is 0 Å². The third-order valence-electron chi connectivity index (χ3n) is 2.64. The van der Waals surface area contributed by atoms with Crippen LogP contribution in [0.25, 0.3) is 0 Å². The van der Waals surface area contributed by atoms with Crippen molar-refractivity contribution in [3.05, 3.63) is 28.3 Å². The summed E-state index contributed by atoms with van der Waals surface area (Å²) in [6, 6.07) is 3.96. The van der Waals surface area contributed by atoms with E-state index in [1.807, 2.05) is 19.1 Å². The molecule has 1 rings (SSSR count). The minimum absolute atomic E-state index is 0.372. The number of benzene rings is 1. The molecule has 1 unspecified atom stereocenters. The Morgan fingerprint density at radius 3 is 2.67 bits per heavy atom. The Hall–Kier alpha value is -0.730. The molecule has 0 aliphatic rings. The first-order chi connectivity index (χ1) is 7.10. The van der Waals surface area contributed by atoms with Crippen LogP contribution >= 0.6 is 11.6 Å². The van der Waals surface area contributed by atoms with Gasteiger partial charge in [0.05, 0.1) is 7.11 Å². The van der Waals surface area contributed by atoms with E-state index in [-0.39, 0.29) is 0 Å². The van der Waals surface area contributed by atoms with Gasteiger partial charge < -0.3 is 10.5 Å². The molecule has 0 spiro atoms. The van der Waals surface area contributed by atoms with E-state index in [0.29, 0.717) is 12.5 Å². The molecule has 84 valence electrons. The number of nitrogens with two attached hydrogens (primary N) is 1. The lowest BCUT2D eigenvalue weighted by Crippen LogP contribution is -2.05. The summed E-state index contributed by atoms with van der Waals surface area (Å²) in [4.78, 5) is 0. The molecule has 2 N–H and O–H groups in total. The van der Waals surface area contributed by atoms with Crippen molar-refractivity contribution in [3.63, 3.8) is 0 Å². The number of ether oxygens (including phenoxy) is 1. The van der Waals surface area contributed by atoms with Gasteiger partial charge in [-0.05, 0) is 49.1 Å². The zero-order valence-electron chi connectivity index (χ0n) is 9.51.